The second-order valence-corrected chi connectivity index (χ2v) is 3.68. The maximum Gasteiger partial charge on any atom is 0.379 e. The molecule has 1 aromatic carbocycles. The van der Waals surface area contributed by atoms with E-state index in [2.05, 4.69) is 20.3 Å². The van der Waals surface area contributed by atoms with Crippen LogP contribution in [0.1, 0.15) is 6.92 Å². The van der Waals surface area contributed by atoms with Crippen LogP contribution >= 0.6 is 0 Å². The third-order valence-electron chi connectivity index (χ3n) is 2.40. The van der Waals surface area contributed by atoms with E-state index >= 15 is 0 Å². The average Bonchev–Trinajstić information content (AvgIpc) is 2.82. The van der Waals surface area contributed by atoms with Gasteiger partial charge in [-0.2, -0.15) is 5.10 Å². The van der Waals surface area contributed by atoms with E-state index in [0.717, 1.165) is 17.0 Å². The van der Waals surface area contributed by atoms with Crippen molar-refractivity contribution in [1.82, 2.24) is 10.2 Å². The Labute approximate surface area is 109 Å². The molecule has 6 heteroatoms. The lowest BCUT2D eigenvalue weighted by atomic mass is 10.2. The number of ketones is 1. The van der Waals surface area contributed by atoms with Crippen molar-refractivity contribution in [2.24, 2.45) is 0 Å². The minimum Gasteiger partial charge on any atom is -0.460 e. The summed E-state index contributed by atoms with van der Waals surface area (Å²) in [7, 11) is 0. The third-order valence-corrected chi connectivity index (χ3v) is 2.40. The summed E-state index contributed by atoms with van der Waals surface area (Å²) in [4.78, 5) is 22.4. The summed E-state index contributed by atoms with van der Waals surface area (Å²) in [5.74, 6) is -0.995. The number of anilines is 1. The van der Waals surface area contributed by atoms with E-state index in [9.17, 15) is 9.59 Å². The van der Waals surface area contributed by atoms with Crippen LogP contribution in [-0.2, 0) is 14.3 Å². The van der Waals surface area contributed by atoms with Crippen LogP contribution in [0.15, 0.2) is 36.5 Å². The number of para-hydroxylation sites is 1. The van der Waals surface area contributed by atoms with Crippen molar-refractivity contribution in [1.29, 1.82) is 0 Å². The Morgan fingerprint density at radius 3 is 3.00 bits per heavy atom. The Hall–Kier alpha value is -2.63. The topological polar surface area (TPSA) is 84.1 Å². The lowest BCUT2D eigenvalue weighted by Gasteiger charge is -1.97. The fraction of sp³-hybridized carbons (Fsp3) is 0.154. The number of aromatic nitrogens is 2. The Kier molecular flexibility index (Phi) is 3.92. The summed E-state index contributed by atoms with van der Waals surface area (Å²) in [5.41, 5.74) is 0.884. The number of nitrogens with zero attached hydrogens (tertiary/aromatic N) is 1. The Balaban J connectivity index is 2.02. The molecule has 0 aliphatic carbocycles. The van der Waals surface area contributed by atoms with Crippen molar-refractivity contribution in [2.45, 2.75) is 6.92 Å². The van der Waals surface area contributed by atoms with Crippen LogP contribution in [0.2, 0.25) is 0 Å². The van der Waals surface area contributed by atoms with Crippen LogP contribution < -0.4 is 5.32 Å². The number of benzene rings is 1. The first-order chi connectivity index (χ1) is 9.22. The molecule has 6 nitrogen and oxygen atoms in total. The molecule has 0 spiro atoms. The quantitative estimate of drug-likeness (QED) is 0.484. The van der Waals surface area contributed by atoms with E-state index in [-0.39, 0.29) is 6.61 Å². The molecule has 0 fully saturated rings. The molecule has 1 aromatic heterocycles. The number of carbonyl (C=O) groups is 2. The number of ether oxygens (including phenoxy) is 1. The lowest BCUT2D eigenvalue weighted by molar-refractivity contribution is -0.151. The highest BCUT2D eigenvalue weighted by Gasteiger charge is 2.10. The van der Waals surface area contributed by atoms with Crippen LogP contribution in [0.3, 0.4) is 0 Å². The first-order valence-electron chi connectivity index (χ1n) is 5.79. The molecule has 0 saturated heterocycles. The molecule has 2 rings (SSSR count). The van der Waals surface area contributed by atoms with Crippen LogP contribution in [0, 0.1) is 0 Å². The number of nitrogens with one attached hydrogen (secondary N) is 2. The molecule has 0 aliphatic heterocycles. The van der Waals surface area contributed by atoms with Crippen molar-refractivity contribution in [3.63, 3.8) is 0 Å². The fourth-order valence-corrected chi connectivity index (χ4v) is 1.54. The molecule has 0 bridgehead atoms. The van der Waals surface area contributed by atoms with Gasteiger partial charge in [-0.25, -0.2) is 4.79 Å². The largest absolute Gasteiger partial charge is 0.460 e. The molecule has 0 saturated carbocycles. The van der Waals surface area contributed by atoms with Crippen LogP contribution in [0.5, 0.6) is 0 Å². The molecule has 0 radical (unpaired) electrons. The predicted molar refractivity (Wildman–Crippen MR) is 70.5 cm³/mol. The zero-order valence-electron chi connectivity index (χ0n) is 10.3. The summed E-state index contributed by atoms with van der Waals surface area (Å²) in [6, 6.07) is 7.56. The standard InChI is InChI=1S/C13H13N3O3/c1-2-19-13(18)11(17)7-8-14-12-9-5-3-4-6-10(9)15-16-12/h3-8H,2H2,1H3,(H2,14,15,16)/b8-7+. The Morgan fingerprint density at radius 2 is 2.21 bits per heavy atom. The third kappa shape index (κ3) is 2.98. The maximum atomic E-state index is 11.3. The second kappa shape index (κ2) is 5.81. The van der Waals surface area contributed by atoms with Gasteiger partial charge in [-0.15, -0.1) is 0 Å². The van der Waals surface area contributed by atoms with Gasteiger partial charge in [0, 0.05) is 17.7 Å². The zero-order valence-corrected chi connectivity index (χ0v) is 10.3. The number of fused-ring (bicyclic) bond motifs is 1. The van der Waals surface area contributed by atoms with Crippen LogP contribution in [0.4, 0.5) is 5.82 Å². The maximum absolute atomic E-state index is 11.3. The van der Waals surface area contributed by atoms with Crippen molar-refractivity contribution in [3.05, 3.63) is 36.5 Å². The molecule has 1 heterocycles. The fourth-order valence-electron chi connectivity index (χ4n) is 1.54. The number of rotatable bonds is 5. The van der Waals surface area contributed by atoms with Crippen molar-refractivity contribution in [2.75, 3.05) is 11.9 Å². The highest BCUT2D eigenvalue weighted by atomic mass is 16.5. The monoisotopic (exact) mass is 259 g/mol. The van der Waals surface area contributed by atoms with Gasteiger partial charge in [-0.05, 0) is 19.1 Å². The van der Waals surface area contributed by atoms with Gasteiger partial charge < -0.3 is 10.1 Å². The van der Waals surface area contributed by atoms with E-state index in [1.807, 2.05) is 24.3 Å². The van der Waals surface area contributed by atoms with Gasteiger partial charge in [0.25, 0.3) is 5.78 Å². The lowest BCUT2D eigenvalue weighted by Crippen LogP contribution is -2.14. The van der Waals surface area contributed by atoms with Gasteiger partial charge in [0.2, 0.25) is 0 Å². The first-order valence-corrected chi connectivity index (χ1v) is 5.79. The SMILES string of the molecule is CCOC(=O)C(=O)/C=C/Nc1n[nH]c2ccccc12. The minimum atomic E-state index is -0.868. The number of esters is 1. The number of hydrogen-bond acceptors (Lipinski definition) is 5. The van der Waals surface area contributed by atoms with Crippen LogP contribution in [0.25, 0.3) is 10.9 Å². The first kappa shape index (κ1) is 12.8. The summed E-state index contributed by atoms with van der Waals surface area (Å²) < 4.78 is 4.57. The number of H-pyrrole nitrogens is 1. The molecular formula is C13H13N3O3. The molecule has 0 unspecified atom stereocenters. The number of carbonyl (C=O) groups excluding carboxylic acids is 2. The molecule has 0 amide bonds. The van der Waals surface area contributed by atoms with Gasteiger partial charge in [-0.3, -0.25) is 9.89 Å². The average molecular weight is 259 g/mol. The van der Waals surface area contributed by atoms with E-state index in [0.29, 0.717) is 5.82 Å². The molecule has 0 aliphatic rings. The Bertz CT molecular complexity index is 631. The van der Waals surface area contributed by atoms with Gasteiger partial charge in [0.05, 0.1) is 12.1 Å². The van der Waals surface area contributed by atoms with Crippen LogP contribution in [-0.4, -0.2) is 28.6 Å². The Morgan fingerprint density at radius 1 is 1.42 bits per heavy atom. The summed E-state index contributed by atoms with van der Waals surface area (Å²) in [6.07, 6.45) is 2.48. The summed E-state index contributed by atoms with van der Waals surface area (Å²) in [6.45, 7) is 1.82. The highest BCUT2D eigenvalue weighted by molar-refractivity contribution is 6.38. The molecule has 98 valence electrons. The van der Waals surface area contributed by atoms with E-state index < -0.39 is 11.8 Å². The van der Waals surface area contributed by atoms with Crippen molar-refractivity contribution < 1.29 is 14.3 Å². The molecule has 0 atom stereocenters. The van der Waals surface area contributed by atoms with Crippen molar-refractivity contribution >= 4 is 28.5 Å². The molecule has 19 heavy (non-hydrogen) atoms. The van der Waals surface area contributed by atoms with E-state index in [1.54, 1.807) is 6.92 Å². The van der Waals surface area contributed by atoms with Gasteiger partial charge in [0.1, 0.15) is 0 Å². The summed E-state index contributed by atoms with van der Waals surface area (Å²) in [5, 5.41) is 10.6. The number of hydrogen-bond donors (Lipinski definition) is 2. The minimum absolute atomic E-state index is 0.176. The van der Waals surface area contributed by atoms with Gasteiger partial charge >= 0.3 is 5.97 Å². The second-order valence-electron chi connectivity index (χ2n) is 3.68. The normalized spacial score (nSPS) is 10.8. The molecular weight excluding hydrogens is 246 g/mol. The van der Waals surface area contributed by atoms with Crippen molar-refractivity contribution in [3.8, 4) is 0 Å². The van der Waals surface area contributed by atoms with E-state index in [1.165, 1.54) is 6.20 Å². The van der Waals surface area contributed by atoms with Gasteiger partial charge in [0.15, 0.2) is 5.82 Å². The van der Waals surface area contributed by atoms with Gasteiger partial charge in [-0.1, -0.05) is 12.1 Å². The zero-order chi connectivity index (χ0) is 13.7. The molecule has 2 aromatic rings. The smallest absolute Gasteiger partial charge is 0.379 e. The van der Waals surface area contributed by atoms with E-state index in [4.69, 9.17) is 0 Å². The predicted octanol–water partition coefficient (Wildman–Crippen LogP) is 1.62. The highest BCUT2D eigenvalue weighted by Crippen LogP contribution is 2.19. The summed E-state index contributed by atoms with van der Waals surface area (Å²) >= 11 is 0. The molecule has 2 N–H and O–H groups in total. The number of aromatic amines is 1.